The van der Waals surface area contributed by atoms with Crippen LogP contribution in [0.25, 0.3) is 0 Å². The molecule has 0 heterocycles. The van der Waals surface area contributed by atoms with Crippen LogP contribution in [0, 0.1) is 50.2 Å². The van der Waals surface area contributed by atoms with E-state index in [0.717, 1.165) is 57.8 Å². The number of carboxylic acids is 1. The molecule has 36 heavy (non-hydrogen) atoms. The van der Waals surface area contributed by atoms with Gasteiger partial charge in [0, 0.05) is 12.3 Å². The van der Waals surface area contributed by atoms with Gasteiger partial charge in [-0.3, -0.25) is 9.59 Å². The number of allylic oxidation sites excluding steroid dienone is 2. The van der Waals surface area contributed by atoms with Crippen LogP contribution in [0.5, 0.6) is 0 Å². The predicted octanol–water partition coefficient (Wildman–Crippen LogP) is 7.80. The van der Waals surface area contributed by atoms with E-state index in [0.29, 0.717) is 11.8 Å². The fraction of sp³-hybridized carbons (Fsp3) is 0.875. The van der Waals surface area contributed by atoms with Crippen LogP contribution in [0.15, 0.2) is 11.6 Å². The van der Waals surface area contributed by atoms with Crippen LogP contribution in [0.1, 0.15) is 120 Å². The minimum Gasteiger partial charge on any atom is -0.481 e. The summed E-state index contributed by atoms with van der Waals surface area (Å²) in [6.07, 6.45) is 12.6. The molecule has 5 aliphatic rings. The molecule has 4 saturated carbocycles. The highest BCUT2D eigenvalue weighted by Crippen LogP contribution is 2.75. The summed E-state index contributed by atoms with van der Waals surface area (Å²) >= 11 is 0. The lowest BCUT2D eigenvalue weighted by molar-refractivity contribution is -0.213. The summed E-state index contributed by atoms with van der Waals surface area (Å²) < 4.78 is 5.87. The number of fused-ring (bicyclic) bond motifs is 7. The molecular weight excluding hydrogens is 448 g/mol. The van der Waals surface area contributed by atoms with Crippen molar-refractivity contribution in [3.05, 3.63) is 11.6 Å². The molecule has 5 rings (SSSR count). The van der Waals surface area contributed by atoms with Gasteiger partial charge in [0.05, 0.1) is 5.41 Å². The third kappa shape index (κ3) is 3.30. The zero-order valence-corrected chi connectivity index (χ0v) is 24.1. The van der Waals surface area contributed by atoms with Gasteiger partial charge in [-0.25, -0.2) is 0 Å². The van der Waals surface area contributed by atoms with E-state index in [-0.39, 0.29) is 45.1 Å². The maximum Gasteiger partial charge on any atom is 0.310 e. The Labute approximate surface area is 219 Å². The van der Waals surface area contributed by atoms with Gasteiger partial charge < -0.3 is 9.84 Å². The van der Waals surface area contributed by atoms with E-state index >= 15 is 0 Å². The van der Waals surface area contributed by atoms with Crippen LogP contribution in [0.2, 0.25) is 0 Å². The van der Waals surface area contributed by atoms with Crippen molar-refractivity contribution in [1.29, 1.82) is 0 Å². The maximum absolute atomic E-state index is 12.8. The molecule has 0 radical (unpaired) electrons. The van der Waals surface area contributed by atoms with Gasteiger partial charge in [0.15, 0.2) is 0 Å². The van der Waals surface area contributed by atoms with Gasteiger partial charge in [-0.15, -0.1) is 0 Å². The van der Waals surface area contributed by atoms with Crippen LogP contribution in [-0.2, 0) is 14.3 Å². The van der Waals surface area contributed by atoms with Crippen LogP contribution in [-0.4, -0.2) is 23.1 Å². The summed E-state index contributed by atoms with van der Waals surface area (Å²) in [6, 6.07) is 0. The zero-order valence-electron chi connectivity index (χ0n) is 24.1. The first-order valence-corrected chi connectivity index (χ1v) is 14.6. The normalized spacial score (nSPS) is 48.8. The highest BCUT2D eigenvalue weighted by atomic mass is 16.5. The number of rotatable bonds is 2. The van der Waals surface area contributed by atoms with Gasteiger partial charge >= 0.3 is 11.9 Å². The summed E-state index contributed by atoms with van der Waals surface area (Å²) in [5.41, 5.74) is 1.50. The van der Waals surface area contributed by atoms with E-state index in [9.17, 15) is 14.7 Å². The minimum absolute atomic E-state index is 0.00181. The molecule has 0 bridgehead atoms. The first-order chi connectivity index (χ1) is 16.5. The highest BCUT2D eigenvalue weighted by Gasteiger charge is 2.69. The van der Waals surface area contributed by atoms with E-state index < -0.39 is 11.4 Å². The Kier molecular flexibility index (Phi) is 5.74. The first kappa shape index (κ1) is 26.3. The standard InChI is InChI=1S/C32H50O4/c1-20(33)36-25-12-13-29(6)23(28(25,4)5)11-14-31(8)24(29)10-9-21-22-19-27(2,3)15-17-32(22,26(34)35)18-16-30(21,31)7/h9,22-25H,10-19H2,1-8H3,(H,34,35)/t22-,23-,24+,25-,29-,30+,31+,32-/m1/s1. The Balaban J connectivity index is 1.55. The van der Waals surface area contributed by atoms with Gasteiger partial charge in [-0.2, -0.15) is 0 Å². The van der Waals surface area contributed by atoms with Crippen LogP contribution in [0.4, 0.5) is 0 Å². The summed E-state index contributed by atoms with van der Waals surface area (Å²) in [4.78, 5) is 24.7. The third-order valence-electron chi connectivity index (χ3n) is 13.3. The summed E-state index contributed by atoms with van der Waals surface area (Å²) in [5, 5.41) is 10.5. The fourth-order valence-corrected chi connectivity index (χ4v) is 11.0. The highest BCUT2D eigenvalue weighted by molar-refractivity contribution is 5.76. The molecule has 8 atom stereocenters. The van der Waals surface area contributed by atoms with E-state index in [1.165, 1.54) is 12.0 Å². The number of aliphatic carboxylic acids is 1. The Morgan fingerprint density at radius 2 is 1.56 bits per heavy atom. The van der Waals surface area contributed by atoms with Crippen molar-refractivity contribution in [2.75, 3.05) is 0 Å². The van der Waals surface area contributed by atoms with Crippen molar-refractivity contribution >= 4 is 11.9 Å². The molecule has 202 valence electrons. The predicted molar refractivity (Wildman–Crippen MR) is 142 cm³/mol. The van der Waals surface area contributed by atoms with Gasteiger partial charge in [0.25, 0.3) is 0 Å². The Hall–Kier alpha value is -1.32. The van der Waals surface area contributed by atoms with Crippen molar-refractivity contribution in [3.63, 3.8) is 0 Å². The number of carboxylic acid groups (broad SMARTS) is 1. The summed E-state index contributed by atoms with van der Waals surface area (Å²) in [7, 11) is 0. The van der Waals surface area contributed by atoms with Crippen LogP contribution >= 0.6 is 0 Å². The molecule has 0 amide bonds. The van der Waals surface area contributed by atoms with Crippen molar-refractivity contribution in [1.82, 2.24) is 0 Å². The van der Waals surface area contributed by atoms with Gasteiger partial charge in [0.1, 0.15) is 6.10 Å². The second kappa shape index (κ2) is 7.85. The number of carbonyl (C=O) groups excluding carboxylic acids is 1. The number of hydrogen-bond donors (Lipinski definition) is 1. The van der Waals surface area contributed by atoms with E-state index in [1.54, 1.807) is 6.92 Å². The topological polar surface area (TPSA) is 63.6 Å². The molecule has 5 aliphatic carbocycles. The van der Waals surface area contributed by atoms with Crippen molar-refractivity contribution < 1.29 is 19.4 Å². The van der Waals surface area contributed by atoms with Gasteiger partial charge in [-0.05, 0) is 104 Å². The summed E-state index contributed by atoms with van der Waals surface area (Å²) in [5.74, 6) is 0.546. The van der Waals surface area contributed by atoms with Crippen LogP contribution in [0.3, 0.4) is 0 Å². The van der Waals surface area contributed by atoms with Crippen molar-refractivity contribution in [3.8, 4) is 0 Å². The zero-order chi connectivity index (χ0) is 26.5. The molecule has 0 spiro atoms. The lowest BCUT2D eigenvalue weighted by Gasteiger charge is -2.71. The third-order valence-corrected chi connectivity index (χ3v) is 13.3. The molecule has 0 aromatic rings. The Morgan fingerprint density at radius 3 is 2.19 bits per heavy atom. The average molecular weight is 499 g/mol. The Morgan fingerprint density at radius 1 is 0.889 bits per heavy atom. The second-order valence-corrected chi connectivity index (χ2v) is 15.6. The first-order valence-electron chi connectivity index (χ1n) is 14.6. The minimum atomic E-state index is -0.574. The smallest absolute Gasteiger partial charge is 0.310 e. The second-order valence-electron chi connectivity index (χ2n) is 15.6. The lowest BCUT2D eigenvalue weighted by atomic mass is 9.33. The molecule has 0 aromatic carbocycles. The van der Waals surface area contributed by atoms with E-state index in [1.807, 2.05) is 0 Å². The Bertz CT molecular complexity index is 992. The molecule has 0 aromatic heterocycles. The largest absolute Gasteiger partial charge is 0.481 e. The van der Waals surface area contributed by atoms with Crippen molar-refractivity contribution in [2.45, 2.75) is 126 Å². The molecule has 4 heteroatoms. The number of hydrogen-bond acceptors (Lipinski definition) is 3. The molecule has 0 aliphatic heterocycles. The lowest BCUT2D eigenvalue weighted by Crippen LogP contribution is -2.65. The van der Waals surface area contributed by atoms with Crippen molar-refractivity contribution in [2.24, 2.45) is 50.2 Å². The molecule has 1 N–H and O–H groups in total. The molecule has 4 nitrogen and oxygen atoms in total. The molecule has 4 fully saturated rings. The fourth-order valence-electron chi connectivity index (χ4n) is 11.0. The number of carbonyl (C=O) groups is 2. The van der Waals surface area contributed by atoms with Gasteiger partial charge in [-0.1, -0.05) is 60.1 Å². The summed E-state index contributed by atoms with van der Waals surface area (Å²) in [6.45, 7) is 18.5. The van der Waals surface area contributed by atoms with Gasteiger partial charge in [0.2, 0.25) is 0 Å². The van der Waals surface area contributed by atoms with E-state index in [2.05, 4.69) is 54.5 Å². The maximum atomic E-state index is 12.8. The monoisotopic (exact) mass is 498 g/mol. The quantitative estimate of drug-likeness (QED) is 0.311. The van der Waals surface area contributed by atoms with E-state index in [4.69, 9.17) is 4.74 Å². The number of ether oxygens (including phenoxy) is 1. The molecule has 0 saturated heterocycles. The SMILES string of the molecule is CC(=O)O[C@@H]1CC[C@]2(C)[C@H](CC[C@@]3(C)[C@H]2CC=C2[C@H]4CC(C)(C)CC[C@@]4(C(=O)O)CC[C@@]23C)C1(C)C. The molecular formula is C32H50O4. The number of esters is 1. The molecule has 0 unspecified atom stereocenters. The van der Waals surface area contributed by atoms with Crippen LogP contribution < -0.4 is 0 Å². The average Bonchev–Trinajstić information content (AvgIpc) is 2.75.